The van der Waals surface area contributed by atoms with Gasteiger partial charge in [-0.3, -0.25) is 0 Å². The van der Waals surface area contributed by atoms with E-state index in [-0.39, 0.29) is 5.56 Å². The van der Waals surface area contributed by atoms with Gasteiger partial charge in [0.05, 0.1) is 22.0 Å². The number of carboxylic acid groups (broad SMARTS) is 1. The van der Waals surface area contributed by atoms with Crippen LogP contribution in [0.5, 0.6) is 0 Å². The highest BCUT2D eigenvalue weighted by Crippen LogP contribution is 2.23. The largest absolute Gasteiger partial charge is 0.478 e. The fraction of sp³-hybridized carbons (Fsp3) is 0.167. The van der Waals surface area contributed by atoms with Gasteiger partial charge in [-0.1, -0.05) is 11.6 Å². The van der Waals surface area contributed by atoms with Gasteiger partial charge >= 0.3 is 5.97 Å². The number of benzene rings is 1. The van der Waals surface area contributed by atoms with Crippen LogP contribution in [0, 0.1) is 13.8 Å². The topological polar surface area (TPSA) is 55.1 Å². The van der Waals surface area contributed by atoms with Gasteiger partial charge in [-0.05, 0) is 32.0 Å². The van der Waals surface area contributed by atoms with Crippen molar-refractivity contribution < 1.29 is 9.90 Å². The highest BCUT2D eigenvalue weighted by molar-refractivity contribution is 6.32. The predicted molar refractivity (Wildman–Crippen MR) is 65.0 cm³/mol. The molecule has 0 amide bonds. The van der Waals surface area contributed by atoms with Crippen LogP contribution in [0.15, 0.2) is 24.4 Å². The first-order chi connectivity index (χ1) is 7.99. The van der Waals surface area contributed by atoms with E-state index in [9.17, 15) is 4.79 Å². The molecule has 2 aromatic rings. The molecule has 0 saturated carbocycles. The lowest BCUT2D eigenvalue weighted by atomic mass is 10.2. The minimum absolute atomic E-state index is 0.204. The van der Waals surface area contributed by atoms with Gasteiger partial charge in [0.1, 0.15) is 5.82 Å². The summed E-state index contributed by atoms with van der Waals surface area (Å²) in [7, 11) is 0. The lowest BCUT2D eigenvalue weighted by molar-refractivity contribution is 0.0697. The smallest absolute Gasteiger partial charge is 0.335 e. The van der Waals surface area contributed by atoms with Crippen molar-refractivity contribution in [1.29, 1.82) is 0 Å². The highest BCUT2D eigenvalue weighted by Gasteiger charge is 2.11. The van der Waals surface area contributed by atoms with Crippen LogP contribution < -0.4 is 0 Å². The van der Waals surface area contributed by atoms with Gasteiger partial charge in [-0.2, -0.15) is 0 Å². The molecule has 1 aromatic carbocycles. The number of aromatic nitrogens is 2. The Balaban J connectivity index is 2.62. The molecule has 0 saturated heterocycles. The molecule has 0 radical (unpaired) electrons. The van der Waals surface area contributed by atoms with Crippen molar-refractivity contribution in [2.24, 2.45) is 0 Å². The van der Waals surface area contributed by atoms with Crippen molar-refractivity contribution in [3.05, 3.63) is 46.5 Å². The minimum Gasteiger partial charge on any atom is -0.478 e. The second-order valence-electron chi connectivity index (χ2n) is 3.77. The van der Waals surface area contributed by atoms with Crippen LogP contribution in [0.3, 0.4) is 0 Å². The zero-order valence-electron chi connectivity index (χ0n) is 9.44. The SMILES string of the molecule is Cc1cn(-c2cc(C(=O)O)ccc2Cl)c(C)n1. The third-order valence-electron chi connectivity index (χ3n) is 2.46. The Kier molecular flexibility index (Phi) is 2.90. The number of nitrogens with zero attached hydrogens (tertiary/aromatic N) is 2. The van der Waals surface area contributed by atoms with Gasteiger partial charge in [-0.15, -0.1) is 0 Å². The van der Waals surface area contributed by atoms with Gasteiger partial charge in [0.25, 0.3) is 0 Å². The first kappa shape index (κ1) is 11.7. The summed E-state index contributed by atoms with van der Waals surface area (Å²) in [5, 5.41) is 9.45. The van der Waals surface area contributed by atoms with Crippen LogP contribution in [-0.4, -0.2) is 20.6 Å². The van der Waals surface area contributed by atoms with Gasteiger partial charge in [-0.25, -0.2) is 9.78 Å². The lowest BCUT2D eigenvalue weighted by Crippen LogP contribution is -2.01. The lowest BCUT2D eigenvalue weighted by Gasteiger charge is -2.08. The number of aromatic carboxylic acids is 1. The third kappa shape index (κ3) is 2.17. The summed E-state index contributed by atoms with van der Waals surface area (Å²) in [5.74, 6) is -0.204. The summed E-state index contributed by atoms with van der Waals surface area (Å²) in [4.78, 5) is 15.2. The molecule has 5 heteroatoms. The number of rotatable bonds is 2. The van der Waals surface area contributed by atoms with E-state index in [2.05, 4.69) is 4.98 Å². The van der Waals surface area contributed by atoms with E-state index >= 15 is 0 Å². The van der Waals surface area contributed by atoms with Crippen LogP contribution in [0.4, 0.5) is 0 Å². The average Bonchev–Trinajstić information content (AvgIpc) is 2.58. The van der Waals surface area contributed by atoms with E-state index in [1.165, 1.54) is 6.07 Å². The Bertz CT molecular complexity index is 590. The maximum atomic E-state index is 10.9. The molecule has 0 unspecified atom stereocenters. The molecule has 0 atom stereocenters. The number of aryl methyl sites for hydroxylation is 2. The maximum absolute atomic E-state index is 10.9. The minimum atomic E-state index is -0.975. The molecule has 4 nitrogen and oxygen atoms in total. The fourth-order valence-corrected chi connectivity index (χ4v) is 1.90. The Hall–Kier alpha value is -1.81. The second kappa shape index (κ2) is 4.22. The first-order valence-electron chi connectivity index (χ1n) is 5.05. The monoisotopic (exact) mass is 250 g/mol. The number of carbonyl (C=O) groups is 1. The molecule has 1 heterocycles. The van der Waals surface area contributed by atoms with Gasteiger partial charge in [0.15, 0.2) is 0 Å². The average molecular weight is 251 g/mol. The fourth-order valence-electron chi connectivity index (χ4n) is 1.69. The zero-order valence-corrected chi connectivity index (χ0v) is 10.2. The molecule has 17 heavy (non-hydrogen) atoms. The standard InChI is InChI=1S/C12H11ClN2O2/c1-7-6-15(8(2)14-7)11-5-9(12(16)17)3-4-10(11)13/h3-6H,1-2H3,(H,16,17). The van der Waals surface area contributed by atoms with Crippen LogP contribution in [-0.2, 0) is 0 Å². The summed E-state index contributed by atoms with van der Waals surface area (Å²) < 4.78 is 1.78. The van der Waals surface area contributed by atoms with Crippen molar-refractivity contribution in [3.8, 4) is 5.69 Å². The Morgan fingerprint density at radius 3 is 2.65 bits per heavy atom. The summed E-state index contributed by atoms with van der Waals surface area (Å²) >= 11 is 6.08. The first-order valence-corrected chi connectivity index (χ1v) is 5.42. The van der Waals surface area contributed by atoms with Gasteiger partial charge < -0.3 is 9.67 Å². The second-order valence-corrected chi connectivity index (χ2v) is 4.18. The molecule has 0 aliphatic heterocycles. The van der Waals surface area contributed by atoms with Crippen LogP contribution >= 0.6 is 11.6 Å². The van der Waals surface area contributed by atoms with E-state index in [4.69, 9.17) is 16.7 Å². The number of halogens is 1. The molecule has 0 aliphatic carbocycles. The van der Waals surface area contributed by atoms with E-state index in [0.29, 0.717) is 10.7 Å². The highest BCUT2D eigenvalue weighted by atomic mass is 35.5. The number of carboxylic acids is 1. The van der Waals surface area contributed by atoms with E-state index < -0.39 is 5.97 Å². The molecule has 0 fully saturated rings. The zero-order chi connectivity index (χ0) is 12.6. The summed E-state index contributed by atoms with van der Waals surface area (Å²) in [5.41, 5.74) is 1.69. The maximum Gasteiger partial charge on any atom is 0.335 e. The molecule has 0 bridgehead atoms. The van der Waals surface area contributed by atoms with Crippen LogP contribution in [0.25, 0.3) is 5.69 Å². The molecule has 1 aromatic heterocycles. The van der Waals surface area contributed by atoms with E-state index in [1.54, 1.807) is 16.7 Å². The molecular weight excluding hydrogens is 240 g/mol. The summed E-state index contributed by atoms with van der Waals surface area (Å²) in [6, 6.07) is 4.60. The number of imidazole rings is 1. The number of hydrogen-bond donors (Lipinski definition) is 1. The molecular formula is C12H11ClN2O2. The quantitative estimate of drug-likeness (QED) is 0.892. The van der Waals surface area contributed by atoms with Crippen LogP contribution in [0.2, 0.25) is 5.02 Å². The van der Waals surface area contributed by atoms with E-state index in [1.807, 2.05) is 20.0 Å². The molecule has 1 N–H and O–H groups in total. The van der Waals surface area contributed by atoms with Gasteiger partial charge in [0, 0.05) is 6.20 Å². The van der Waals surface area contributed by atoms with E-state index in [0.717, 1.165) is 11.5 Å². The number of hydrogen-bond acceptors (Lipinski definition) is 2. The predicted octanol–water partition coefficient (Wildman–Crippen LogP) is 2.84. The van der Waals surface area contributed by atoms with Crippen molar-refractivity contribution in [2.45, 2.75) is 13.8 Å². The Morgan fingerprint density at radius 1 is 1.41 bits per heavy atom. The summed E-state index contributed by atoms with van der Waals surface area (Å²) in [6.07, 6.45) is 1.82. The van der Waals surface area contributed by atoms with Crippen molar-refractivity contribution in [1.82, 2.24) is 9.55 Å². The molecule has 0 aliphatic rings. The normalized spacial score (nSPS) is 10.5. The molecule has 0 spiro atoms. The third-order valence-corrected chi connectivity index (χ3v) is 2.77. The molecule has 2 rings (SSSR count). The van der Waals surface area contributed by atoms with Crippen molar-refractivity contribution in [2.75, 3.05) is 0 Å². The Labute approximate surface area is 103 Å². The Morgan fingerprint density at radius 2 is 2.12 bits per heavy atom. The van der Waals surface area contributed by atoms with Gasteiger partial charge in [0.2, 0.25) is 0 Å². The van der Waals surface area contributed by atoms with Crippen molar-refractivity contribution in [3.63, 3.8) is 0 Å². The molecule has 88 valence electrons. The van der Waals surface area contributed by atoms with Crippen LogP contribution in [0.1, 0.15) is 21.9 Å². The summed E-state index contributed by atoms with van der Waals surface area (Å²) in [6.45, 7) is 3.72. The van der Waals surface area contributed by atoms with Crippen molar-refractivity contribution >= 4 is 17.6 Å².